The number of anilines is 1. The first kappa shape index (κ1) is 19.3. The Morgan fingerprint density at radius 3 is 2.58 bits per heavy atom. The molecular formula is C23H21N3O5. The summed E-state index contributed by atoms with van der Waals surface area (Å²) in [6.07, 6.45) is 1.65. The number of rotatable bonds is 4. The van der Waals surface area contributed by atoms with E-state index in [1.165, 1.54) is 0 Å². The van der Waals surface area contributed by atoms with Crippen LogP contribution in [0, 0.1) is 0 Å². The zero-order valence-corrected chi connectivity index (χ0v) is 16.8. The van der Waals surface area contributed by atoms with Gasteiger partial charge in [-0.3, -0.25) is 19.3 Å². The number of amides is 4. The first-order chi connectivity index (χ1) is 15.0. The lowest BCUT2D eigenvalue weighted by molar-refractivity contribution is -0.132. The fourth-order valence-corrected chi connectivity index (χ4v) is 4.50. The molecule has 0 unspecified atom stereocenters. The van der Waals surface area contributed by atoms with Gasteiger partial charge in [0.25, 0.3) is 5.91 Å². The summed E-state index contributed by atoms with van der Waals surface area (Å²) in [7, 11) is 0. The Labute approximate surface area is 178 Å². The summed E-state index contributed by atoms with van der Waals surface area (Å²) in [6, 6.07) is 13.2. The third kappa shape index (κ3) is 3.06. The second-order valence-electron chi connectivity index (χ2n) is 7.94. The standard InChI is InChI=1S/C23H21N3O5/c27-18(15-7-9-16(10-8-15)25-12-3-6-20(25)28)14-26-21(29)23(24-22(26)30)11-13-31-19-5-2-1-4-17(19)23/h1-2,4-5,7-10H,3,6,11-14H2,(H,24,30)/t23-/m1/s1. The van der Waals surface area contributed by atoms with Crippen molar-refractivity contribution in [3.8, 4) is 5.75 Å². The molecule has 1 spiro atoms. The normalized spacial score (nSPS) is 22.5. The SMILES string of the molecule is O=C(CN1C(=O)N[C@@]2(CCOc3ccccc32)C1=O)c1ccc(N2CCCC2=O)cc1. The quantitative estimate of drug-likeness (QED) is 0.606. The van der Waals surface area contributed by atoms with E-state index in [0.29, 0.717) is 42.9 Å². The second kappa shape index (κ2) is 7.23. The lowest BCUT2D eigenvalue weighted by atomic mass is 9.84. The van der Waals surface area contributed by atoms with E-state index in [4.69, 9.17) is 4.74 Å². The molecule has 3 aliphatic rings. The number of nitrogens with zero attached hydrogens (tertiary/aromatic N) is 2. The molecule has 2 saturated heterocycles. The number of hydrogen-bond donors (Lipinski definition) is 1. The molecule has 0 saturated carbocycles. The van der Waals surface area contributed by atoms with Crippen LogP contribution in [0.1, 0.15) is 35.2 Å². The summed E-state index contributed by atoms with van der Waals surface area (Å²) in [6.45, 7) is 0.612. The Kier molecular flexibility index (Phi) is 4.50. The maximum absolute atomic E-state index is 13.3. The first-order valence-electron chi connectivity index (χ1n) is 10.3. The van der Waals surface area contributed by atoms with Gasteiger partial charge in [0, 0.05) is 36.2 Å². The van der Waals surface area contributed by atoms with Gasteiger partial charge in [0.05, 0.1) is 13.2 Å². The molecule has 8 heteroatoms. The van der Waals surface area contributed by atoms with Gasteiger partial charge in [-0.05, 0) is 36.8 Å². The lowest BCUT2D eigenvalue weighted by Gasteiger charge is -2.33. The topological polar surface area (TPSA) is 96.0 Å². The van der Waals surface area contributed by atoms with E-state index in [9.17, 15) is 19.2 Å². The van der Waals surface area contributed by atoms with Crippen molar-refractivity contribution in [2.75, 3.05) is 24.6 Å². The number of nitrogens with one attached hydrogen (secondary N) is 1. The van der Waals surface area contributed by atoms with Gasteiger partial charge in [-0.2, -0.15) is 0 Å². The number of ketones is 1. The van der Waals surface area contributed by atoms with Gasteiger partial charge < -0.3 is 15.0 Å². The number of urea groups is 1. The van der Waals surface area contributed by atoms with Crippen LogP contribution in [0.2, 0.25) is 0 Å². The lowest BCUT2D eigenvalue weighted by Crippen LogP contribution is -2.47. The molecule has 2 aromatic rings. The third-order valence-electron chi connectivity index (χ3n) is 6.13. The Morgan fingerprint density at radius 2 is 1.84 bits per heavy atom. The van der Waals surface area contributed by atoms with Crippen LogP contribution in [0.4, 0.5) is 10.5 Å². The van der Waals surface area contributed by atoms with Crippen LogP contribution in [-0.4, -0.2) is 48.2 Å². The highest BCUT2D eigenvalue weighted by molar-refractivity contribution is 6.11. The molecule has 2 fully saturated rings. The van der Waals surface area contributed by atoms with Crippen LogP contribution < -0.4 is 15.0 Å². The van der Waals surface area contributed by atoms with Gasteiger partial charge in [-0.1, -0.05) is 18.2 Å². The Balaban J connectivity index is 1.35. The van der Waals surface area contributed by atoms with Gasteiger partial charge in [-0.25, -0.2) is 4.79 Å². The van der Waals surface area contributed by atoms with Crippen LogP contribution >= 0.6 is 0 Å². The van der Waals surface area contributed by atoms with Gasteiger partial charge in [0.2, 0.25) is 5.91 Å². The summed E-state index contributed by atoms with van der Waals surface area (Å²) in [5, 5.41) is 2.79. The van der Waals surface area contributed by atoms with Gasteiger partial charge in [0.15, 0.2) is 11.3 Å². The van der Waals surface area contributed by atoms with E-state index in [1.807, 2.05) is 0 Å². The van der Waals surface area contributed by atoms with Crippen molar-refractivity contribution in [1.82, 2.24) is 10.2 Å². The molecule has 8 nitrogen and oxygen atoms in total. The fraction of sp³-hybridized carbons (Fsp3) is 0.304. The molecule has 0 bridgehead atoms. The van der Waals surface area contributed by atoms with Crippen molar-refractivity contribution in [2.45, 2.75) is 24.8 Å². The first-order valence-corrected chi connectivity index (χ1v) is 10.3. The smallest absolute Gasteiger partial charge is 0.325 e. The highest BCUT2D eigenvalue weighted by Gasteiger charge is 2.55. The molecule has 158 valence electrons. The van der Waals surface area contributed by atoms with Gasteiger partial charge in [-0.15, -0.1) is 0 Å². The number of carbonyl (C=O) groups excluding carboxylic acids is 4. The van der Waals surface area contributed by atoms with Crippen LogP contribution in [0.15, 0.2) is 48.5 Å². The summed E-state index contributed by atoms with van der Waals surface area (Å²) in [4.78, 5) is 53.3. The highest BCUT2D eigenvalue weighted by Crippen LogP contribution is 2.41. The number of fused-ring (bicyclic) bond motifs is 2. The Hall–Kier alpha value is -3.68. The van der Waals surface area contributed by atoms with Crippen LogP contribution in [0.3, 0.4) is 0 Å². The fourth-order valence-electron chi connectivity index (χ4n) is 4.50. The molecule has 0 aliphatic carbocycles. The second-order valence-corrected chi connectivity index (χ2v) is 7.94. The van der Waals surface area contributed by atoms with E-state index >= 15 is 0 Å². The number of hydrogen-bond acceptors (Lipinski definition) is 5. The number of carbonyl (C=O) groups is 4. The third-order valence-corrected chi connectivity index (χ3v) is 6.13. The molecule has 4 amide bonds. The molecule has 0 radical (unpaired) electrons. The zero-order chi connectivity index (χ0) is 21.6. The number of imide groups is 1. The minimum Gasteiger partial charge on any atom is -0.493 e. The molecule has 2 aromatic carbocycles. The molecule has 3 heterocycles. The van der Waals surface area contributed by atoms with E-state index < -0.39 is 17.5 Å². The maximum Gasteiger partial charge on any atom is 0.325 e. The van der Waals surface area contributed by atoms with Gasteiger partial charge >= 0.3 is 6.03 Å². The van der Waals surface area contributed by atoms with Crippen molar-refractivity contribution in [2.24, 2.45) is 0 Å². The van der Waals surface area contributed by atoms with Crippen molar-refractivity contribution in [3.05, 3.63) is 59.7 Å². The van der Waals surface area contributed by atoms with E-state index in [1.54, 1.807) is 53.4 Å². The largest absolute Gasteiger partial charge is 0.493 e. The Bertz CT molecular complexity index is 1100. The maximum atomic E-state index is 13.3. The molecule has 31 heavy (non-hydrogen) atoms. The van der Waals surface area contributed by atoms with Crippen molar-refractivity contribution >= 4 is 29.3 Å². The summed E-state index contributed by atoms with van der Waals surface area (Å²) in [5.41, 5.74) is 0.525. The minimum atomic E-state index is -1.20. The molecule has 1 N–H and O–H groups in total. The number of para-hydroxylation sites is 1. The summed E-state index contributed by atoms with van der Waals surface area (Å²) in [5.74, 6) is -0.163. The van der Waals surface area contributed by atoms with E-state index in [-0.39, 0.29) is 18.2 Å². The molecular weight excluding hydrogens is 398 g/mol. The van der Waals surface area contributed by atoms with Crippen molar-refractivity contribution in [1.29, 1.82) is 0 Å². The monoisotopic (exact) mass is 419 g/mol. The summed E-state index contributed by atoms with van der Waals surface area (Å²) < 4.78 is 5.62. The van der Waals surface area contributed by atoms with Crippen LogP contribution in [0.5, 0.6) is 5.75 Å². The van der Waals surface area contributed by atoms with E-state index in [2.05, 4.69) is 5.32 Å². The van der Waals surface area contributed by atoms with Gasteiger partial charge in [0.1, 0.15) is 5.75 Å². The molecule has 1 atom stereocenters. The number of benzene rings is 2. The number of ether oxygens (including phenoxy) is 1. The van der Waals surface area contributed by atoms with Crippen molar-refractivity contribution in [3.63, 3.8) is 0 Å². The predicted molar refractivity (Wildman–Crippen MR) is 111 cm³/mol. The zero-order valence-electron chi connectivity index (χ0n) is 16.8. The number of Topliss-reactive ketones (excluding diaryl/α,β-unsaturated/α-hetero) is 1. The molecule has 3 aliphatic heterocycles. The van der Waals surface area contributed by atoms with Crippen LogP contribution in [-0.2, 0) is 15.1 Å². The van der Waals surface area contributed by atoms with Crippen LogP contribution in [0.25, 0.3) is 0 Å². The van der Waals surface area contributed by atoms with Crippen molar-refractivity contribution < 1.29 is 23.9 Å². The Morgan fingerprint density at radius 1 is 1.06 bits per heavy atom. The molecule has 5 rings (SSSR count). The predicted octanol–water partition coefficient (Wildman–Crippen LogP) is 2.23. The average Bonchev–Trinajstić information content (AvgIpc) is 3.31. The average molecular weight is 419 g/mol. The molecule has 0 aromatic heterocycles. The minimum absolute atomic E-state index is 0.0699. The summed E-state index contributed by atoms with van der Waals surface area (Å²) >= 11 is 0. The van der Waals surface area contributed by atoms with E-state index in [0.717, 1.165) is 17.0 Å². The highest BCUT2D eigenvalue weighted by atomic mass is 16.5.